The Hall–Kier alpha value is -6.92. The number of nitrogens with one attached hydrogen (secondary N) is 8. The predicted octanol–water partition coefficient (Wildman–Crippen LogP) is 6.92. The lowest BCUT2D eigenvalue weighted by atomic mass is 10.2. The standard InChI is InChI=1S/C37H36N8O8S2/c1-23-10-8-12-26(20-23)38-34(46)41-29-14-4-6-16-32(29)54(50,51)44-36(48)40-28-19-18-25(3)31(22-28)43-37(49)45-55(52,53)33-17-7-5-15-30(33)42-35(47)39-27-13-9-11-24(2)21-27/h4-22H,1-3H3,(H2,38,41,46)(H2,39,42,47)(H2,40,44,48)(H2,43,45,49). The SMILES string of the molecule is Cc1cccc(NC(=O)Nc2ccccc2S(=O)(=O)NC(=O)Nc2ccc(C)c(NC(=O)NS(=O)(=O)c3ccccc3NC(=O)Nc3cccc(C)c3)c2)c1. The fourth-order valence-electron chi connectivity index (χ4n) is 5.12. The van der Waals surface area contributed by atoms with E-state index < -0.39 is 54.0 Å². The number of anilines is 6. The molecule has 5 aromatic carbocycles. The van der Waals surface area contributed by atoms with Gasteiger partial charge >= 0.3 is 24.1 Å². The normalized spacial score (nSPS) is 11.0. The summed E-state index contributed by atoms with van der Waals surface area (Å²) in [5, 5.41) is 15.0. The van der Waals surface area contributed by atoms with Gasteiger partial charge in [-0.25, -0.2) is 45.5 Å². The van der Waals surface area contributed by atoms with Crippen LogP contribution in [0.1, 0.15) is 16.7 Å². The highest BCUT2D eigenvalue weighted by molar-refractivity contribution is 7.90. The molecule has 5 aromatic rings. The van der Waals surface area contributed by atoms with Crippen LogP contribution in [0.4, 0.5) is 53.3 Å². The zero-order chi connectivity index (χ0) is 39.8. The fourth-order valence-corrected chi connectivity index (χ4v) is 7.26. The van der Waals surface area contributed by atoms with Crippen molar-refractivity contribution >= 4 is 78.3 Å². The molecular formula is C37H36N8O8S2. The first kappa shape index (κ1) is 39.3. The zero-order valence-corrected chi connectivity index (χ0v) is 31.2. The number of urea groups is 4. The molecule has 0 heterocycles. The number of rotatable bonds is 10. The van der Waals surface area contributed by atoms with Crippen molar-refractivity contribution in [2.75, 3.05) is 31.9 Å². The second-order valence-corrected chi connectivity index (χ2v) is 15.3. The molecule has 284 valence electrons. The highest BCUT2D eigenvalue weighted by Crippen LogP contribution is 2.25. The number of benzene rings is 5. The van der Waals surface area contributed by atoms with E-state index in [9.17, 15) is 36.0 Å². The van der Waals surface area contributed by atoms with E-state index in [0.29, 0.717) is 16.9 Å². The van der Waals surface area contributed by atoms with Crippen molar-refractivity contribution in [3.05, 3.63) is 132 Å². The number of hydrogen-bond acceptors (Lipinski definition) is 8. The molecule has 8 N–H and O–H groups in total. The van der Waals surface area contributed by atoms with Crippen LogP contribution in [0.5, 0.6) is 0 Å². The number of carbonyl (C=O) groups excluding carboxylic acids is 4. The van der Waals surface area contributed by atoms with Gasteiger partial charge in [0.2, 0.25) is 0 Å². The van der Waals surface area contributed by atoms with Crippen LogP contribution in [0.3, 0.4) is 0 Å². The van der Waals surface area contributed by atoms with Gasteiger partial charge in [-0.15, -0.1) is 0 Å². The molecule has 18 heteroatoms. The monoisotopic (exact) mass is 784 g/mol. The summed E-state index contributed by atoms with van der Waals surface area (Å²) in [5.74, 6) is 0. The third-order valence-corrected chi connectivity index (χ3v) is 10.4. The Morgan fingerprint density at radius 2 is 0.800 bits per heavy atom. The van der Waals surface area contributed by atoms with Gasteiger partial charge < -0.3 is 31.9 Å². The summed E-state index contributed by atoms with van der Waals surface area (Å²) in [5.41, 5.74) is 3.15. The van der Waals surface area contributed by atoms with E-state index in [1.807, 2.05) is 35.4 Å². The van der Waals surface area contributed by atoms with Gasteiger partial charge in [0.1, 0.15) is 9.79 Å². The van der Waals surface area contributed by atoms with Crippen LogP contribution in [-0.4, -0.2) is 41.0 Å². The van der Waals surface area contributed by atoms with Crippen molar-refractivity contribution in [3.8, 4) is 0 Å². The molecular weight excluding hydrogens is 749 g/mol. The number of aryl methyl sites for hydroxylation is 3. The lowest BCUT2D eigenvalue weighted by Crippen LogP contribution is -2.35. The highest BCUT2D eigenvalue weighted by atomic mass is 32.2. The molecule has 5 rings (SSSR count). The molecule has 0 bridgehead atoms. The fraction of sp³-hybridized carbons (Fsp3) is 0.0811. The minimum Gasteiger partial charge on any atom is -0.308 e. The number of sulfonamides is 2. The van der Waals surface area contributed by atoms with Crippen LogP contribution >= 0.6 is 0 Å². The quantitative estimate of drug-likeness (QED) is 0.0739. The molecule has 0 saturated heterocycles. The van der Waals surface area contributed by atoms with E-state index >= 15 is 0 Å². The van der Waals surface area contributed by atoms with Crippen LogP contribution in [0.15, 0.2) is 125 Å². The van der Waals surface area contributed by atoms with Gasteiger partial charge in [0.25, 0.3) is 20.0 Å². The van der Waals surface area contributed by atoms with Crippen molar-refractivity contribution < 1.29 is 36.0 Å². The van der Waals surface area contributed by atoms with E-state index in [0.717, 1.165) is 11.1 Å². The molecule has 0 saturated carbocycles. The maximum atomic E-state index is 13.3. The molecule has 0 atom stereocenters. The summed E-state index contributed by atoms with van der Waals surface area (Å²) >= 11 is 0. The Bertz CT molecular complexity index is 2510. The van der Waals surface area contributed by atoms with Gasteiger partial charge in [0, 0.05) is 22.7 Å². The third-order valence-electron chi connectivity index (χ3n) is 7.60. The smallest absolute Gasteiger partial charge is 0.308 e. The van der Waals surface area contributed by atoms with Gasteiger partial charge in [0.15, 0.2) is 0 Å². The number of carbonyl (C=O) groups is 4. The minimum absolute atomic E-state index is 0.0366. The van der Waals surface area contributed by atoms with Gasteiger partial charge in [-0.1, -0.05) is 54.6 Å². The van der Waals surface area contributed by atoms with Gasteiger partial charge in [-0.3, -0.25) is 0 Å². The van der Waals surface area contributed by atoms with E-state index in [4.69, 9.17) is 0 Å². The number of amides is 8. The van der Waals surface area contributed by atoms with Crippen molar-refractivity contribution in [1.29, 1.82) is 0 Å². The van der Waals surface area contributed by atoms with E-state index in [2.05, 4.69) is 31.9 Å². The largest absolute Gasteiger partial charge is 0.333 e. The summed E-state index contributed by atoms with van der Waals surface area (Å²) < 4.78 is 56.8. The molecule has 0 spiro atoms. The van der Waals surface area contributed by atoms with Gasteiger partial charge in [0.05, 0.1) is 11.4 Å². The van der Waals surface area contributed by atoms with Crippen LogP contribution in [0.25, 0.3) is 0 Å². The van der Waals surface area contributed by atoms with Crippen LogP contribution < -0.4 is 41.3 Å². The second-order valence-electron chi connectivity index (χ2n) is 12.0. The lowest BCUT2D eigenvalue weighted by Gasteiger charge is -2.15. The predicted molar refractivity (Wildman–Crippen MR) is 210 cm³/mol. The average Bonchev–Trinajstić information content (AvgIpc) is 3.09. The van der Waals surface area contributed by atoms with Gasteiger partial charge in [-0.2, -0.15) is 0 Å². The number of hydrogen-bond donors (Lipinski definition) is 8. The summed E-state index contributed by atoms with van der Waals surface area (Å²) in [6.07, 6.45) is 0. The Kier molecular flexibility index (Phi) is 12.0. The van der Waals surface area contributed by atoms with Crippen molar-refractivity contribution in [2.24, 2.45) is 0 Å². The molecule has 0 aromatic heterocycles. The summed E-state index contributed by atoms with van der Waals surface area (Å²) in [6.45, 7) is 5.29. The van der Waals surface area contributed by atoms with Crippen molar-refractivity contribution in [2.45, 2.75) is 30.6 Å². The third kappa shape index (κ3) is 10.8. The molecule has 0 radical (unpaired) electrons. The Labute approximate surface area is 317 Å². The molecule has 0 fully saturated rings. The van der Waals surface area contributed by atoms with E-state index in [1.165, 1.54) is 66.7 Å². The first-order valence-electron chi connectivity index (χ1n) is 16.3. The second kappa shape index (κ2) is 16.8. The molecule has 0 aliphatic heterocycles. The maximum absolute atomic E-state index is 13.3. The number of para-hydroxylation sites is 2. The minimum atomic E-state index is -4.53. The molecule has 55 heavy (non-hydrogen) atoms. The van der Waals surface area contributed by atoms with E-state index in [-0.39, 0.29) is 22.7 Å². The maximum Gasteiger partial charge on any atom is 0.333 e. The first-order valence-corrected chi connectivity index (χ1v) is 19.3. The van der Waals surface area contributed by atoms with Crippen LogP contribution in [-0.2, 0) is 20.0 Å². The first-order chi connectivity index (χ1) is 26.1. The van der Waals surface area contributed by atoms with Crippen LogP contribution in [0, 0.1) is 20.8 Å². The average molecular weight is 785 g/mol. The van der Waals surface area contributed by atoms with Crippen LogP contribution in [0.2, 0.25) is 0 Å². The van der Waals surface area contributed by atoms with E-state index in [1.54, 1.807) is 43.3 Å². The summed E-state index contributed by atoms with van der Waals surface area (Å²) in [4.78, 5) is 50.3. The molecule has 8 amide bonds. The van der Waals surface area contributed by atoms with Crippen molar-refractivity contribution in [1.82, 2.24) is 9.44 Å². The Morgan fingerprint density at radius 1 is 0.400 bits per heavy atom. The zero-order valence-electron chi connectivity index (χ0n) is 29.6. The van der Waals surface area contributed by atoms with Crippen molar-refractivity contribution in [3.63, 3.8) is 0 Å². The van der Waals surface area contributed by atoms with Gasteiger partial charge in [-0.05, 0) is 98.1 Å². The molecule has 16 nitrogen and oxygen atoms in total. The summed E-state index contributed by atoms with van der Waals surface area (Å²) in [7, 11) is -9.06. The highest BCUT2D eigenvalue weighted by Gasteiger charge is 2.24. The molecule has 0 aliphatic rings. The summed E-state index contributed by atoms with van der Waals surface area (Å²) in [6, 6.07) is 25.4. The molecule has 0 unspecified atom stereocenters. The Balaban J connectivity index is 1.21. The molecule has 0 aliphatic carbocycles. The Morgan fingerprint density at radius 3 is 1.27 bits per heavy atom. The lowest BCUT2D eigenvalue weighted by molar-refractivity contribution is 0.255. The topological polar surface area (TPSA) is 233 Å².